The molecule has 1 N–H and O–H groups in total. The van der Waals surface area contributed by atoms with Crippen molar-refractivity contribution in [1.29, 1.82) is 0 Å². The maximum atomic E-state index is 12.7. The molecule has 0 bridgehead atoms. The van der Waals surface area contributed by atoms with Gasteiger partial charge in [0, 0.05) is 26.2 Å². The molecule has 0 radical (unpaired) electrons. The topological polar surface area (TPSA) is 59.9 Å². The fraction of sp³-hybridized carbons (Fsp3) is 0.0714. The van der Waals surface area contributed by atoms with Crippen LogP contribution in [-0.2, 0) is 13.2 Å². The molecule has 0 aromatic heterocycles. The van der Waals surface area contributed by atoms with Crippen molar-refractivity contribution in [3.05, 3.63) is 128 Å². The smallest absolute Gasteiger partial charge is 0.275 e. The SMILES string of the molecule is O=C(N/N=C/c1ccc(OCc2ccc(Cl)cc2Cl)cc1)c1ccccc1OCc1ccccc1Cl. The highest BCUT2D eigenvalue weighted by atomic mass is 35.5. The van der Waals surface area contributed by atoms with E-state index in [1.165, 1.54) is 0 Å². The summed E-state index contributed by atoms with van der Waals surface area (Å²) in [7, 11) is 0. The number of rotatable bonds is 9. The molecule has 0 aliphatic heterocycles. The van der Waals surface area contributed by atoms with Crippen molar-refractivity contribution in [2.75, 3.05) is 0 Å². The lowest BCUT2D eigenvalue weighted by Gasteiger charge is -2.11. The number of nitrogens with zero attached hydrogens (tertiary/aromatic N) is 1. The van der Waals surface area contributed by atoms with Gasteiger partial charge in [0.15, 0.2) is 0 Å². The van der Waals surface area contributed by atoms with E-state index in [9.17, 15) is 4.79 Å². The average Bonchev–Trinajstić information content (AvgIpc) is 2.88. The van der Waals surface area contributed by atoms with E-state index in [1.54, 1.807) is 48.7 Å². The van der Waals surface area contributed by atoms with Gasteiger partial charge in [-0.15, -0.1) is 0 Å². The number of hydrogen-bond acceptors (Lipinski definition) is 4. The Labute approximate surface area is 224 Å². The highest BCUT2D eigenvalue weighted by Crippen LogP contribution is 2.24. The fourth-order valence-electron chi connectivity index (χ4n) is 3.23. The van der Waals surface area contributed by atoms with Crippen LogP contribution in [-0.4, -0.2) is 12.1 Å². The van der Waals surface area contributed by atoms with Gasteiger partial charge in [0.1, 0.15) is 24.7 Å². The van der Waals surface area contributed by atoms with Crippen LogP contribution in [0.5, 0.6) is 11.5 Å². The molecule has 4 aromatic rings. The summed E-state index contributed by atoms with van der Waals surface area (Å²) in [6, 6.07) is 26.9. The van der Waals surface area contributed by atoms with Crippen LogP contribution >= 0.6 is 34.8 Å². The predicted molar refractivity (Wildman–Crippen MR) is 145 cm³/mol. The minimum Gasteiger partial charge on any atom is -0.489 e. The van der Waals surface area contributed by atoms with E-state index in [0.717, 1.165) is 16.7 Å². The predicted octanol–water partition coefficient (Wildman–Crippen LogP) is 7.57. The van der Waals surface area contributed by atoms with E-state index in [4.69, 9.17) is 44.3 Å². The number of carbonyl (C=O) groups is 1. The van der Waals surface area contributed by atoms with E-state index in [-0.39, 0.29) is 12.5 Å². The first-order valence-corrected chi connectivity index (χ1v) is 12.1. The van der Waals surface area contributed by atoms with Crippen LogP contribution in [0.3, 0.4) is 0 Å². The fourth-order valence-corrected chi connectivity index (χ4v) is 3.88. The Morgan fingerprint density at radius 2 is 1.47 bits per heavy atom. The maximum Gasteiger partial charge on any atom is 0.275 e. The second-order valence-corrected chi connectivity index (χ2v) is 8.92. The van der Waals surface area contributed by atoms with Gasteiger partial charge in [0.05, 0.1) is 11.8 Å². The Balaban J connectivity index is 1.32. The lowest BCUT2D eigenvalue weighted by Crippen LogP contribution is -2.18. The van der Waals surface area contributed by atoms with Gasteiger partial charge in [-0.1, -0.05) is 71.2 Å². The summed E-state index contributed by atoms with van der Waals surface area (Å²) in [4.78, 5) is 12.7. The summed E-state index contributed by atoms with van der Waals surface area (Å²) in [5.41, 5.74) is 5.36. The highest BCUT2D eigenvalue weighted by molar-refractivity contribution is 6.35. The van der Waals surface area contributed by atoms with Gasteiger partial charge in [-0.05, 0) is 60.2 Å². The molecule has 0 fully saturated rings. The third-order valence-corrected chi connectivity index (χ3v) is 6.10. The van der Waals surface area contributed by atoms with Gasteiger partial charge in [-0.3, -0.25) is 4.79 Å². The molecule has 8 heteroatoms. The second kappa shape index (κ2) is 12.5. The highest BCUT2D eigenvalue weighted by Gasteiger charge is 2.12. The molecule has 4 aromatic carbocycles. The number of carbonyl (C=O) groups excluding carboxylic acids is 1. The molecular weight excluding hydrogens is 519 g/mol. The zero-order valence-corrected chi connectivity index (χ0v) is 21.2. The number of benzene rings is 4. The number of hydrazone groups is 1. The summed E-state index contributed by atoms with van der Waals surface area (Å²) in [5.74, 6) is 0.722. The first-order valence-electron chi connectivity index (χ1n) is 10.9. The minimum absolute atomic E-state index is 0.242. The van der Waals surface area contributed by atoms with Crippen molar-refractivity contribution in [3.63, 3.8) is 0 Å². The molecule has 0 aliphatic carbocycles. The van der Waals surface area contributed by atoms with Crippen LogP contribution in [0.4, 0.5) is 0 Å². The van der Waals surface area contributed by atoms with Gasteiger partial charge in [0.2, 0.25) is 0 Å². The van der Waals surface area contributed by atoms with E-state index >= 15 is 0 Å². The molecule has 4 rings (SSSR count). The first-order chi connectivity index (χ1) is 17.5. The Morgan fingerprint density at radius 3 is 2.25 bits per heavy atom. The molecule has 0 spiro atoms. The van der Waals surface area contributed by atoms with Crippen LogP contribution in [0, 0.1) is 0 Å². The molecule has 0 heterocycles. The van der Waals surface area contributed by atoms with Crippen molar-refractivity contribution in [1.82, 2.24) is 5.43 Å². The number of ether oxygens (including phenoxy) is 2. The Kier molecular flexibility index (Phi) is 8.85. The van der Waals surface area contributed by atoms with Crippen molar-refractivity contribution < 1.29 is 14.3 Å². The number of amides is 1. The molecule has 1 amide bonds. The van der Waals surface area contributed by atoms with Crippen molar-refractivity contribution in [3.8, 4) is 11.5 Å². The molecule has 0 saturated heterocycles. The van der Waals surface area contributed by atoms with Crippen LogP contribution in [0.25, 0.3) is 0 Å². The summed E-state index contributed by atoms with van der Waals surface area (Å²) < 4.78 is 11.6. The van der Waals surface area contributed by atoms with Crippen LogP contribution in [0.2, 0.25) is 15.1 Å². The van der Waals surface area contributed by atoms with Gasteiger partial charge in [-0.25, -0.2) is 5.43 Å². The Hall–Kier alpha value is -3.51. The number of nitrogens with one attached hydrogen (secondary N) is 1. The molecule has 0 saturated carbocycles. The lowest BCUT2D eigenvalue weighted by molar-refractivity contribution is 0.0950. The largest absolute Gasteiger partial charge is 0.489 e. The molecule has 36 heavy (non-hydrogen) atoms. The Bertz CT molecular complexity index is 1370. The van der Waals surface area contributed by atoms with Crippen molar-refractivity contribution in [2.24, 2.45) is 5.10 Å². The normalized spacial score (nSPS) is 10.9. The van der Waals surface area contributed by atoms with Crippen LogP contribution < -0.4 is 14.9 Å². The van der Waals surface area contributed by atoms with E-state index in [1.807, 2.05) is 48.5 Å². The van der Waals surface area contributed by atoms with Crippen LogP contribution in [0.15, 0.2) is 96.1 Å². The summed E-state index contributed by atoms with van der Waals surface area (Å²) in [6.07, 6.45) is 1.55. The standard InChI is InChI=1S/C28H21Cl3N2O3/c29-22-12-11-21(26(31)15-22)17-35-23-13-9-19(10-14-23)16-32-33-28(34)24-6-2-4-8-27(24)36-18-20-5-1-3-7-25(20)30/h1-16H,17-18H2,(H,33,34)/b32-16+. The summed E-state index contributed by atoms with van der Waals surface area (Å²) in [6.45, 7) is 0.559. The average molecular weight is 540 g/mol. The number of halogens is 3. The molecule has 0 aliphatic rings. The van der Waals surface area contributed by atoms with E-state index in [2.05, 4.69) is 10.5 Å². The monoisotopic (exact) mass is 538 g/mol. The van der Waals surface area contributed by atoms with Gasteiger partial charge >= 0.3 is 0 Å². The third kappa shape index (κ3) is 7.01. The minimum atomic E-state index is -0.388. The molecule has 182 valence electrons. The molecule has 5 nitrogen and oxygen atoms in total. The maximum absolute atomic E-state index is 12.7. The van der Waals surface area contributed by atoms with Crippen LogP contribution in [0.1, 0.15) is 27.0 Å². The molecule has 0 atom stereocenters. The van der Waals surface area contributed by atoms with Gasteiger partial charge < -0.3 is 9.47 Å². The third-order valence-electron chi connectivity index (χ3n) is 5.14. The summed E-state index contributed by atoms with van der Waals surface area (Å²) >= 11 is 18.3. The summed E-state index contributed by atoms with van der Waals surface area (Å²) in [5, 5.41) is 5.80. The number of para-hydroxylation sites is 1. The zero-order chi connectivity index (χ0) is 25.3. The van der Waals surface area contributed by atoms with Gasteiger partial charge in [-0.2, -0.15) is 5.10 Å². The molecule has 0 unspecified atom stereocenters. The zero-order valence-electron chi connectivity index (χ0n) is 19.0. The van der Waals surface area contributed by atoms with Crippen molar-refractivity contribution >= 4 is 46.9 Å². The number of hydrogen-bond donors (Lipinski definition) is 1. The van der Waals surface area contributed by atoms with Gasteiger partial charge in [0.25, 0.3) is 5.91 Å². The van der Waals surface area contributed by atoms with E-state index in [0.29, 0.717) is 38.7 Å². The first kappa shape index (κ1) is 25.6. The molecular formula is C28H21Cl3N2O3. The second-order valence-electron chi connectivity index (χ2n) is 7.67. The Morgan fingerprint density at radius 1 is 0.778 bits per heavy atom. The van der Waals surface area contributed by atoms with E-state index < -0.39 is 0 Å². The lowest BCUT2D eigenvalue weighted by atomic mass is 10.2. The quantitative estimate of drug-likeness (QED) is 0.176. The van der Waals surface area contributed by atoms with Crippen molar-refractivity contribution in [2.45, 2.75) is 13.2 Å².